The number of hydrogen-bond acceptors (Lipinski definition) is 6. The minimum Gasteiger partial charge on any atom is -0.384 e. The number of morpholine rings is 1. The summed E-state index contributed by atoms with van der Waals surface area (Å²) in [6.07, 6.45) is 6.94. The molecule has 8 nitrogen and oxygen atoms in total. The van der Waals surface area contributed by atoms with Crippen molar-refractivity contribution in [3.63, 3.8) is 0 Å². The first kappa shape index (κ1) is 19.7. The topological polar surface area (TPSA) is 98.6 Å². The molecule has 2 N–H and O–H groups in total. The monoisotopic (exact) mass is 424 g/mol. The molecule has 32 heavy (non-hydrogen) atoms. The van der Waals surface area contributed by atoms with Crippen LogP contribution in [0.15, 0.2) is 61.2 Å². The van der Waals surface area contributed by atoms with Gasteiger partial charge in [0.15, 0.2) is 5.65 Å². The van der Waals surface area contributed by atoms with Gasteiger partial charge in [-0.1, -0.05) is 18.1 Å². The number of carbonyl (C=O) groups is 1. The first-order valence-corrected chi connectivity index (χ1v) is 10.2. The van der Waals surface area contributed by atoms with Crippen LogP contribution in [-0.2, 0) is 4.74 Å². The molecule has 1 amide bonds. The van der Waals surface area contributed by atoms with Crippen molar-refractivity contribution in [1.82, 2.24) is 24.3 Å². The predicted molar refractivity (Wildman–Crippen MR) is 120 cm³/mol. The number of nitrogens with zero attached hydrogens (tertiary/aromatic N) is 5. The maximum Gasteiger partial charge on any atom is 0.254 e. The molecule has 8 heteroatoms. The van der Waals surface area contributed by atoms with Crippen LogP contribution in [-0.4, -0.2) is 56.5 Å². The molecular weight excluding hydrogens is 404 g/mol. The highest BCUT2D eigenvalue weighted by Crippen LogP contribution is 2.20. The molecule has 1 aromatic carbocycles. The van der Waals surface area contributed by atoms with Crippen molar-refractivity contribution >= 4 is 17.4 Å². The van der Waals surface area contributed by atoms with Crippen LogP contribution in [0.2, 0.25) is 0 Å². The van der Waals surface area contributed by atoms with Gasteiger partial charge in [-0.15, -0.1) is 0 Å². The van der Waals surface area contributed by atoms with Gasteiger partial charge in [-0.25, -0.2) is 9.97 Å². The second-order valence-electron chi connectivity index (χ2n) is 7.35. The van der Waals surface area contributed by atoms with E-state index >= 15 is 0 Å². The number of imidazole rings is 1. The van der Waals surface area contributed by atoms with Crippen LogP contribution < -0.4 is 5.73 Å². The summed E-state index contributed by atoms with van der Waals surface area (Å²) in [6, 6.07) is 11.0. The molecule has 0 unspecified atom stereocenters. The van der Waals surface area contributed by atoms with Crippen molar-refractivity contribution < 1.29 is 9.53 Å². The van der Waals surface area contributed by atoms with E-state index in [1.165, 1.54) is 0 Å². The highest BCUT2D eigenvalue weighted by molar-refractivity contribution is 5.94. The zero-order valence-corrected chi connectivity index (χ0v) is 17.2. The highest BCUT2D eigenvalue weighted by atomic mass is 16.5. The summed E-state index contributed by atoms with van der Waals surface area (Å²) in [6.45, 7) is 2.40. The van der Waals surface area contributed by atoms with E-state index in [4.69, 9.17) is 10.5 Å². The number of rotatable bonds is 2. The molecule has 0 atom stereocenters. The van der Waals surface area contributed by atoms with Crippen LogP contribution in [0, 0.1) is 11.8 Å². The maximum atomic E-state index is 12.7. The summed E-state index contributed by atoms with van der Waals surface area (Å²) in [4.78, 5) is 27.3. The van der Waals surface area contributed by atoms with Crippen molar-refractivity contribution in [2.45, 2.75) is 0 Å². The Morgan fingerprint density at radius 2 is 1.81 bits per heavy atom. The average Bonchev–Trinajstić information content (AvgIpc) is 3.25. The summed E-state index contributed by atoms with van der Waals surface area (Å²) in [5.41, 5.74) is 10.3. The molecule has 5 rings (SSSR count). The standard InChI is InChI=1S/C24H20N6O2/c25-22-13-17(7-8-26-22)1-6-20-14-28-23-15-27-21(16-30(20)23)18-2-4-19(5-3-18)24(31)29-9-11-32-12-10-29/h2-5,7-8,13-16H,9-12H2,(H2,25,26). The smallest absolute Gasteiger partial charge is 0.254 e. The summed E-state index contributed by atoms with van der Waals surface area (Å²) in [5, 5.41) is 0. The van der Waals surface area contributed by atoms with Crippen molar-refractivity contribution in [3.05, 3.63) is 78.0 Å². The second-order valence-corrected chi connectivity index (χ2v) is 7.35. The molecule has 1 aliphatic heterocycles. The van der Waals surface area contributed by atoms with E-state index in [0.717, 1.165) is 22.5 Å². The van der Waals surface area contributed by atoms with E-state index in [1.54, 1.807) is 30.7 Å². The molecule has 0 saturated carbocycles. The van der Waals surface area contributed by atoms with E-state index in [-0.39, 0.29) is 5.91 Å². The van der Waals surface area contributed by atoms with E-state index in [1.807, 2.05) is 39.8 Å². The molecule has 4 heterocycles. The van der Waals surface area contributed by atoms with Gasteiger partial charge in [0, 0.05) is 42.2 Å². The van der Waals surface area contributed by atoms with Gasteiger partial charge in [-0.2, -0.15) is 0 Å². The molecule has 0 aliphatic carbocycles. The number of aromatic nitrogens is 4. The number of pyridine rings is 1. The zero-order chi connectivity index (χ0) is 21.9. The van der Waals surface area contributed by atoms with Gasteiger partial charge in [0.1, 0.15) is 11.5 Å². The molecule has 158 valence electrons. The molecular formula is C24H20N6O2. The summed E-state index contributed by atoms with van der Waals surface area (Å²) < 4.78 is 7.22. The third kappa shape index (κ3) is 4.02. The maximum absolute atomic E-state index is 12.7. The molecule has 1 aliphatic rings. The Labute approximate surface area is 184 Å². The quantitative estimate of drug-likeness (QED) is 0.496. The minimum atomic E-state index is 0.0205. The predicted octanol–water partition coefficient (Wildman–Crippen LogP) is 2.25. The number of ether oxygens (including phenoxy) is 1. The Kier molecular flexibility index (Phi) is 5.24. The largest absolute Gasteiger partial charge is 0.384 e. The van der Waals surface area contributed by atoms with Gasteiger partial charge in [0.05, 0.1) is 31.3 Å². The lowest BCUT2D eigenvalue weighted by atomic mass is 10.1. The van der Waals surface area contributed by atoms with Crippen LogP contribution in [0.3, 0.4) is 0 Å². The third-order valence-corrected chi connectivity index (χ3v) is 5.24. The lowest BCUT2D eigenvalue weighted by molar-refractivity contribution is 0.0303. The SMILES string of the molecule is Nc1cc(C#Cc2cnc3cnc(-c4ccc(C(=O)N5CCOCC5)cc4)cn23)ccn1. The lowest BCUT2D eigenvalue weighted by Gasteiger charge is -2.26. The Hall–Kier alpha value is -4.22. The minimum absolute atomic E-state index is 0.0205. The third-order valence-electron chi connectivity index (χ3n) is 5.24. The summed E-state index contributed by atoms with van der Waals surface area (Å²) >= 11 is 0. The summed E-state index contributed by atoms with van der Waals surface area (Å²) in [5.74, 6) is 6.67. The average molecular weight is 424 g/mol. The van der Waals surface area contributed by atoms with Gasteiger partial charge >= 0.3 is 0 Å². The van der Waals surface area contributed by atoms with Crippen molar-refractivity contribution in [2.24, 2.45) is 0 Å². The molecule has 1 fully saturated rings. The number of anilines is 1. The molecule has 3 aromatic heterocycles. The second kappa shape index (κ2) is 8.49. The number of fused-ring (bicyclic) bond motifs is 1. The van der Waals surface area contributed by atoms with E-state index < -0.39 is 0 Å². The fourth-order valence-electron chi connectivity index (χ4n) is 3.53. The van der Waals surface area contributed by atoms with Gasteiger partial charge in [-0.3, -0.25) is 14.2 Å². The number of nitrogen functional groups attached to an aromatic ring is 1. The van der Waals surface area contributed by atoms with Gasteiger partial charge in [0.25, 0.3) is 5.91 Å². The lowest BCUT2D eigenvalue weighted by Crippen LogP contribution is -2.40. The van der Waals surface area contributed by atoms with E-state index in [2.05, 4.69) is 26.8 Å². The van der Waals surface area contributed by atoms with Gasteiger partial charge in [-0.05, 0) is 30.2 Å². The van der Waals surface area contributed by atoms with Gasteiger partial charge < -0.3 is 15.4 Å². The van der Waals surface area contributed by atoms with Crippen LogP contribution in [0.4, 0.5) is 5.82 Å². The Morgan fingerprint density at radius 3 is 2.59 bits per heavy atom. The first-order chi connectivity index (χ1) is 15.7. The van der Waals surface area contributed by atoms with Crippen LogP contribution in [0.5, 0.6) is 0 Å². The van der Waals surface area contributed by atoms with Crippen molar-refractivity contribution in [3.8, 4) is 23.1 Å². The Bertz CT molecular complexity index is 1340. The van der Waals surface area contributed by atoms with Gasteiger partial charge in [0.2, 0.25) is 0 Å². The van der Waals surface area contributed by atoms with E-state index in [0.29, 0.717) is 43.3 Å². The zero-order valence-electron chi connectivity index (χ0n) is 17.2. The van der Waals surface area contributed by atoms with E-state index in [9.17, 15) is 4.79 Å². The van der Waals surface area contributed by atoms with Crippen LogP contribution in [0.25, 0.3) is 16.9 Å². The first-order valence-electron chi connectivity index (χ1n) is 10.2. The van der Waals surface area contributed by atoms with Crippen molar-refractivity contribution in [1.29, 1.82) is 0 Å². The number of benzene rings is 1. The number of carbonyl (C=O) groups excluding carboxylic acids is 1. The normalized spacial score (nSPS) is 13.6. The Balaban J connectivity index is 1.41. The molecule has 1 saturated heterocycles. The number of hydrogen-bond donors (Lipinski definition) is 1. The van der Waals surface area contributed by atoms with Crippen molar-refractivity contribution in [2.75, 3.05) is 32.0 Å². The number of amides is 1. The highest BCUT2D eigenvalue weighted by Gasteiger charge is 2.18. The van der Waals surface area contributed by atoms with Crippen LogP contribution >= 0.6 is 0 Å². The molecule has 0 radical (unpaired) electrons. The molecule has 0 spiro atoms. The summed E-state index contributed by atoms with van der Waals surface area (Å²) in [7, 11) is 0. The fraction of sp³-hybridized carbons (Fsp3) is 0.167. The fourth-order valence-corrected chi connectivity index (χ4v) is 3.53. The Morgan fingerprint density at radius 1 is 1.00 bits per heavy atom. The van der Waals surface area contributed by atoms with Crippen LogP contribution in [0.1, 0.15) is 21.6 Å². The molecule has 0 bridgehead atoms. The molecule has 4 aromatic rings. The number of nitrogens with two attached hydrogens (primary N) is 1.